The summed E-state index contributed by atoms with van der Waals surface area (Å²) in [6.45, 7) is 0. The third-order valence-corrected chi connectivity index (χ3v) is 2.35. The SMILES string of the molecule is O=C(O)Cc1cc2ccc(C(F)(F)F)cc2[nH]1. The van der Waals surface area contributed by atoms with E-state index in [1.807, 2.05) is 0 Å². The minimum absolute atomic E-state index is 0.240. The summed E-state index contributed by atoms with van der Waals surface area (Å²) in [5, 5.41) is 9.14. The van der Waals surface area contributed by atoms with Gasteiger partial charge in [-0.3, -0.25) is 4.79 Å². The highest BCUT2D eigenvalue weighted by atomic mass is 19.4. The number of hydrogen-bond donors (Lipinski definition) is 2. The minimum atomic E-state index is -4.40. The molecular weight excluding hydrogens is 235 g/mol. The molecule has 0 aliphatic rings. The van der Waals surface area contributed by atoms with Gasteiger partial charge in [-0.05, 0) is 23.6 Å². The highest BCUT2D eigenvalue weighted by molar-refractivity contribution is 5.82. The Balaban J connectivity index is 2.44. The van der Waals surface area contributed by atoms with Crippen molar-refractivity contribution in [3.63, 3.8) is 0 Å². The number of carboxylic acids is 1. The van der Waals surface area contributed by atoms with Gasteiger partial charge >= 0.3 is 12.1 Å². The molecule has 2 aromatic rings. The number of H-pyrrole nitrogens is 1. The van der Waals surface area contributed by atoms with Crippen LogP contribution in [-0.4, -0.2) is 16.1 Å². The number of halogens is 3. The van der Waals surface area contributed by atoms with Gasteiger partial charge in [0.2, 0.25) is 0 Å². The van der Waals surface area contributed by atoms with E-state index in [1.54, 1.807) is 0 Å². The fourth-order valence-corrected chi connectivity index (χ4v) is 1.62. The van der Waals surface area contributed by atoms with Crippen LogP contribution in [0.5, 0.6) is 0 Å². The molecule has 2 N–H and O–H groups in total. The number of carbonyl (C=O) groups is 1. The Bertz CT molecular complexity index is 572. The molecule has 0 radical (unpaired) electrons. The van der Waals surface area contributed by atoms with Crippen LogP contribution in [-0.2, 0) is 17.4 Å². The quantitative estimate of drug-likeness (QED) is 0.852. The number of rotatable bonds is 2. The molecule has 0 unspecified atom stereocenters. The van der Waals surface area contributed by atoms with Crippen molar-refractivity contribution in [1.82, 2.24) is 4.98 Å². The zero-order chi connectivity index (χ0) is 12.6. The molecule has 0 aliphatic carbocycles. The van der Waals surface area contributed by atoms with Crippen LogP contribution in [0, 0.1) is 0 Å². The molecule has 1 aromatic heterocycles. The second kappa shape index (κ2) is 3.80. The highest BCUT2D eigenvalue weighted by Crippen LogP contribution is 2.31. The normalized spacial score (nSPS) is 11.9. The summed E-state index contributed by atoms with van der Waals surface area (Å²) in [6, 6.07) is 4.80. The first kappa shape index (κ1) is 11.5. The first-order chi connectivity index (χ1) is 7.86. The van der Waals surface area contributed by atoms with Crippen molar-refractivity contribution in [2.24, 2.45) is 0 Å². The number of benzene rings is 1. The Morgan fingerprint density at radius 2 is 2.00 bits per heavy atom. The maximum absolute atomic E-state index is 12.4. The molecule has 90 valence electrons. The number of aromatic amines is 1. The van der Waals surface area contributed by atoms with E-state index in [1.165, 1.54) is 12.1 Å². The van der Waals surface area contributed by atoms with E-state index in [-0.39, 0.29) is 11.9 Å². The van der Waals surface area contributed by atoms with E-state index in [0.717, 1.165) is 12.1 Å². The molecular formula is C11H8F3NO2. The standard InChI is InChI=1S/C11H8F3NO2/c12-11(13,14)7-2-1-6-3-8(5-10(16)17)15-9(6)4-7/h1-4,15H,5H2,(H,16,17). The Hall–Kier alpha value is -1.98. The second-order valence-corrected chi connectivity index (χ2v) is 3.66. The Morgan fingerprint density at radius 1 is 1.29 bits per heavy atom. The van der Waals surface area contributed by atoms with Crippen LogP contribution in [0.2, 0.25) is 0 Å². The van der Waals surface area contributed by atoms with E-state index in [2.05, 4.69) is 4.98 Å². The van der Waals surface area contributed by atoms with Crippen LogP contribution in [0.1, 0.15) is 11.3 Å². The second-order valence-electron chi connectivity index (χ2n) is 3.66. The number of hydrogen-bond acceptors (Lipinski definition) is 1. The summed E-state index contributed by atoms with van der Waals surface area (Å²) in [4.78, 5) is 13.1. The summed E-state index contributed by atoms with van der Waals surface area (Å²) in [7, 11) is 0. The lowest BCUT2D eigenvalue weighted by atomic mass is 10.1. The van der Waals surface area contributed by atoms with Crippen molar-refractivity contribution in [3.8, 4) is 0 Å². The van der Waals surface area contributed by atoms with Gasteiger partial charge in [0.25, 0.3) is 0 Å². The van der Waals surface area contributed by atoms with E-state index in [0.29, 0.717) is 11.1 Å². The highest BCUT2D eigenvalue weighted by Gasteiger charge is 2.30. The first-order valence-electron chi connectivity index (χ1n) is 4.77. The van der Waals surface area contributed by atoms with Gasteiger partial charge in [0, 0.05) is 11.2 Å². The first-order valence-corrected chi connectivity index (χ1v) is 4.77. The van der Waals surface area contributed by atoms with Crippen molar-refractivity contribution in [2.45, 2.75) is 12.6 Å². The maximum Gasteiger partial charge on any atom is 0.416 e. The van der Waals surface area contributed by atoms with Crippen molar-refractivity contribution in [2.75, 3.05) is 0 Å². The third kappa shape index (κ3) is 2.41. The monoisotopic (exact) mass is 243 g/mol. The topological polar surface area (TPSA) is 53.1 Å². The fraction of sp³-hybridized carbons (Fsp3) is 0.182. The molecule has 0 saturated heterocycles. The van der Waals surface area contributed by atoms with Gasteiger partial charge in [0.1, 0.15) is 0 Å². The molecule has 1 aromatic carbocycles. The summed E-state index contributed by atoms with van der Waals surface area (Å²) in [6.07, 6.45) is -4.64. The van der Waals surface area contributed by atoms with Crippen LogP contribution >= 0.6 is 0 Å². The lowest BCUT2D eigenvalue weighted by molar-refractivity contribution is -0.138. The molecule has 0 saturated carbocycles. The molecule has 0 spiro atoms. The maximum atomic E-state index is 12.4. The Morgan fingerprint density at radius 3 is 2.59 bits per heavy atom. The number of fused-ring (bicyclic) bond motifs is 1. The number of aliphatic carboxylic acids is 1. The van der Waals surface area contributed by atoms with Crippen molar-refractivity contribution in [3.05, 3.63) is 35.5 Å². The molecule has 0 atom stereocenters. The number of aromatic nitrogens is 1. The molecule has 0 bridgehead atoms. The average Bonchev–Trinajstić information content (AvgIpc) is 2.55. The van der Waals surface area contributed by atoms with Gasteiger partial charge in [-0.15, -0.1) is 0 Å². The minimum Gasteiger partial charge on any atom is -0.481 e. The third-order valence-electron chi connectivity index (χ3n) is 2.35. The van der Waals surface area contributed by atoms with E-state index in [9.17, 15) is 18.0 Å². The zero-order valence-corrected chi connectivity index (χ0v) is 8.51. The summed E-state index contributed by atoms with van der Waals surface area (Å²) in [5.41, 5.74) is -0.0865. The number of carboxylic acid groups (broad SMARTS) is 1. The van der Waals surface area contributed by atoms with Crippen molar-refractivity contribution < 1.29 is 23.1 Å². The van der Waals surface area contributed by atoms with Gasteiger partial charge < -0.3 is 10.1 Å². The van der Waals surface area contributed by atoms with Crippen molar-refractivity contribution in [1.29, 1.82) is 0 Å². The van der Waals surface area contributed by atoms with Gasteiger partial charge in [0.15, 0.2) is 0 Å². The predicted molar refractivity (Wildman–Crippen MR) is 54.6 cm³/mol. The largest absolute Gasteiger partial charge is 0.481 e. The van der Waals surface area contributed by atoms with E-state index in [4.69, 9.17) is 5.11 Å². The van der Waals surface area contributed by atoms with Gasteiger partial charge in [0.05, 0.1) is 12.0 Å². The Kier molecular flexibility index (Phi) is 2.57. The van der Waals surface area contributed by atoms with Crippen LogP contribution in [0.25, 0.3) is 10.9 Å². The lowest BCUT2D eigenvalue weighted by Gasteiger charge is -2.05. The molecule has 0 aliphatic heterocycles. The van der Waals surface area contributed by atoms with E-state index >= 15 is 0 Å². The summed E-state index contributed by atoms with van der Waals surface area (Å²) >= 11 is 0. The smallest absolute Gasteiger partial charge is 0.416 e. The van der Waals surface area contributed by atoms with Gasteiger partial charge in [-0.25, -0.2) is 0 Å². The molecule has 6 heteroatoms. The molecule has 0 amide bonds. The summed E-state index contributed by atoms with van der Waals surface area (Å²) in [5.74, 6) is -1.03. The predicted octanol–water partition coefficient (Wildman–Crippen LogP) is 2.81. The average molecular weight is 243 g/mol. The lowest BCUT2D eigenvalue weighted by Crippen LogP contribution is -2.04. The van der Waals surface area contributed by atoms with Gasteiger partial charge in [-0.1, -0.05) is 6.07 Å². The molecule has 0 fully saturated rings. The molecule has 3 nitrogen and oxygen atoms in total. The Labute approximate surface area is 93.9 Å². The molecule has 2 rings (SSSR count). The molecule has 1 heterocycles. The summed E-state index contributed by atoms with van der Waals surface area (Å²) < 4.78 is 37.3. The molecule has 17 heavy (non-hydrogen) atoms. The van der Waals surface area contributed by atoms with Crippen LogP contribution in [0.15, 0.2) is 24.3 Å². The number of alkyl halides is 3. The van der Waals surface area contributed by atoms with Gasteiger partial charge in [-0.2, -0.15) is 13.2 Å². The number of nitrogens with one attached hydrogen (secondary N) is 1. The fourth-order valence-electron chi connectivity index (χ4n) is 1.62. The zero-order valence-electron chi connectivity index (χ0n) is 8.51. The van der Waals surface area contributed by atoms with Crippen LogP contribution < -0.4 is 0 Å². The van der Waals surface area contributed by atoms with E-state index < -0.39 is 17.7 Å². The van der Waals surface area contributed by atoms with Crippen molar-refractivity contribution >= 4 is 16.9 Å². The van der Waals surface area contributed by atoms with Crippen LogP contribution in [0.3, 0.4) is 0 Å². The van der Waals surface area contributed by atoms with Crippen LogP contribution in [0.4, 0.5) is 13.2 Å².